The maximum Gasteiger partial charge on any atom is 0.123 e. The van der Waals surface area contributed by atoms with Crippen LogP contribution >= 0.6 is 15.9 Å². The first-order valence-corrected chi connectivity index (χ1v) is 8.75. The summed E-state index contributed by atoms with van der Waals surface area (Å²) < 4.78 is 6.62. The van der Waals surface area contributed by atoms with Crippen molar-refractivity contribution in [2.45, 2.75) is 45.2 Å². The van der Waals surface area contributed by atoms with E-state index < -0.39 is 0 Å². The third kappa shape index (κ3) is 4.21. The van der Waals surface area contributed by atoms with Crippen molar-refractivity contribution in [3.63, 3.8) is 0 Å². The van der Waals surface area contributed by atoms with Crippen molar-refractivity contribution in [2.24, 2.45) is 11.7 Å². The molecule has 0 aromatic heterocycles. The lowest BCUT2D eigenvalue weighted by atomic mass is 9.83. The van der Waals surface area contributed by atoms with Crippen molar-refractivity contribution in [1.29, 1.82) is 0 Å². The molecule has 0 bridgehead atoms. The fourth-order valence-corrected chi connectivity index (χ4v) is 3.91. The largest absolute Gasteiger partial charge is 0.496 e. The van der Waals surface area contributed by atoms with E-state index in [9.17, 15) is 0 Å². The maximum atomic E-state index is 6.00. The second-order valence-electron chi connectivity index (χ2n) is 5.87. The summed E-state index contributed by atoms with van der Waals surface area (Å²) in [5.41, 5.74) is 7.25. The van der Waals surface area contributed by atoms with Gasteiger partial charge in [-0.2, -0.15) is 0 Å². The molecule has 2 N–H and O–H groups in total. The molecule has 4 heteroatoms. The Morgan fingerprint density at radius 3 is 2.76 bits per heavy atom. The molecule has 2 atom stereocenters. The number of benzene rings is 1. The van der Waals surface area contributed by atoms with E-state index in [0.29, 0.717) is 12.0 Å². The van der Waals surface area contributed by atoms with Crippen LogP contribution in [0.15, 0.2) is 22.7 Å². The Balaban J connectivity index is 2.16. The topological polar surface area (TPSA) is 38.5 Å². The normalized spacial score (nSPS) is 22.5. The first-order valence-electron chi connectivity index (χ1n) is 7.96. The molecule has 1 aromatic rings. The van der Waals surface area contributed by atoms with Crippen LogP contribution in [0, 0.1) is 5.92 Å². The fourth-order valence-electron chi connectivity index (χ4n) is 3.50. The van der Waals surface area contributed by atoms with Gasteiger partial charge in [0.25, 0.3) is 0 Å². The van der Waals surface area contributed by atoms with Crippen molar-refractivity contribution in [3.05, 3.63) is 28.2 Å². The fraction of sp³-hybridized carbons (Fsp3) is 0.647. The molecule has 0 saturated heterocycles. The SMILES string of the molecule is CCN(Cc1cc(Br)ccc1OC)C1CCCCC1CN. The predicted molar refractivity (Wildman–Crippen MR) is 91.6 cm³/mol. The molecule has 0 spiro atoms. The predicted octanol–water partition coefficient (Wildman–Crippen LogP) is 3.80. The third-order valence-electron chi connectivity index (χ3n) is 4.66. The van der Waals surface area contributed by atoms with E-state index in [1.807, 2.05) is 12.1 Å². The summed E-state index contributed by atoms with van der Waals surface area (Å²) in [5.74, 6) is 1.61. The summed E-state index contributed by atoms with van der Waals surface area (Å²) in [4.78, 5) is 2.57. The maximum absolute atomic E-state index is 6.00. The Bertz CT molecular complexity index is 452. The van der Waals surface area contributed by atoms with Gasteiger partial charge < -0.3 is 10.5 Å². The monoisotopic (exact) mass is 354 g/mol. The highest BCUT2D eigenvalue weighted by atomic mass is 79.9. The molecular weight excluding hydrogens is 328 g/mol. The van der Waals surface area contributed by atoms with Gasteiger partial charge in [0.2, 0.25) is 0 Å². The first-order chi connectivity index (χ1) is 10.2. The molecule has 0 aliphatic heterocycles. The summed E-state index contributed by atoms with van der Waals surface area (Å²) in [7, 11) is 1.74. The molecule has 2 unspecified atom stereocenters. The molecule has 1 aliphatic rings. The second-order valence-corrected chi connectivity index (χ2v) is 6.78. The van der Waals surface area contributed by atoms with Crippen LogP contribution in [0.1, 0.15) is 38.2 Å². The number of hydrogen-bond acceptors (Lipinski definition) is 3. The number of hydrogen-bond donors (Lipinski definition) is 1. The van der Waals surface area contributed by atoms with E-state index >= 15 is 0 Å². The van der Waals surface area contributed by atoms with Gasteiger partial charge in [0.15, 0.2) is 0 Å². The van der Waals surface area contributed by atoms with Crippen LogP contribution in [0.2, 0.25) is 0 Å². The van der Waals surface area contributed by atoms with E-state index in [4.69, 9.17) is 10.5 Å². The Morgan fingerprint density at radius 1 is 1.33 bits per heavy atom. The number of methoxy groups -OCH3 is 1. The molecule has 1 saturated carbocycles. The van der Waals surface area contributed by atoms with Gasteiger partial charge in [0, 0.05) is 22.6 Å². The summed E-state index contributed by atoms with van der Waals surface area (Å²) in [6, 6.07) is 6.84. The lowest BCUT2D eigenvalue weighted by molar-refractivity contribution is 0.105. The van der Waals surface area contributed by atoms with Gasteiger partial charge in [-0.3, -0.25) is 4.90 Å². The molecule has 118 valence electrons. The Hall–Kier alpha value is -0.580. The van der Waals surface area contributed by atoms with Crippen LogP contribution < -0.4 is 10.5 Å². The molecule has 2 rings (SSSR count). The van der Waals surface area contributed by atoms with Gasteiger partial charge in [-0.05, 0) is 50.0 Å². The Morgan fingerprint density at radius 2 is 2.10 bits per heavy atom. The van der Waals surface area contributed by atoms with Crippen LogP contribution in [-0.2, 0) is 6.54 Å². The first kappa shape index (κ1) is 16.8. The van der Waals surface area contributed by atoms with E-state index in [2.05, 4.69) is 33.8 Å². The standard InChI is InChI=1S/C17H27BrN2O/c1-3-20(16-7-5-4-6-13(16)11-19)12-14-10-15(18)8-9-17(14)21-2/h8-10,13,16H,3-7,11-12,19H2,1-2H3. The summed E-state index contributed by atoms with van der Waals surface area (Å²) in [6.07, 6.45) is 5.20. The minimum Gasteiger partial charge on any atom is -0.496 e. The zero-order valence-corrected chi connectivity index (χ0v) is 14.7. The van der Waals surface area contributed by atoms with Crippen molar-refractivity contribution in [3.8, 4) is 5.75 Å². The minimum absolute atomic E-state index is 0.609. The van der Waals surface area contributed by atoms with Gasteiger partial charge in [0.1, 0.15) is 5.75 Å². The zero-order chi connectivity index (χ0) is 15.2. The minimum atomic E-state index is 0.609. The summed E-state index contributed by atoms with van der Waals surface area (Å²) in [6.45, 7) is 5.03. The van der Waals surface area contributed by atoms with Gasteiger partial charge in [-0.1, -0.05) is 35.7 Å². The molecule has 3 nitrogen and oxygen atoms in total. The van der Waals surface area contributed by atoms with Crippen LogP contribution in [-0.4, -0.2) is 31.1 Å². The molecule has 0 amide bonds. The molecule has 1 fully saturated rings. The van der Waals surface area contributed by atoms with Crippen LogP contribution in [0.5, 0.6) is 5.75 Å². The van der Waals surface area contributed by atoms with Gasteiger partial charge >= 0.3 is 0 Å². The lowest BCUT2D eigenvalue weighted by Gasteiger charge is -2.39. The van der Waals surface area contributed by atoms with E-state index in [1.54, 1.807) is 7.11 Å². The highest BCUT2D eigenvalue weighted by molar-refractivity contribution is 9.10. The summed E-state index contributed by atoms with van der Waals surface area (Å²) >= 11 is 3.56. The number of nitrogens with two attached hydrogens (primary N) is 1. The quantitative estimate of drug-likeness (QED) is 0.844. The van der Waals surface area contributed by atoms with Crippen molar-refractivity contribution < 1.29 is 4.74 Å². The molecular formula is C17H27BrN2O. The van der Waals surface area contributed by atoms with Crippen LogP contribution in [0.3, 0.4) is 0 Å². The van der Waals surface area contributed by atoms with Crippen molar-refractivity contribution in [2.75, 3.05) is 20.2 Å². The average molecular weight is 355 g/mol. The molecule has 21 heavy (non-hydrogen) atoms. The van der Waals surface area contributed by atoms with E-state index in [0.717, 1.165) is 29.9 Å². The van der Waals surface area contributed by atoms with Gasteiger partial charge in [0.05, 0.1) is 7.11 Å². The van der Waals surface area contributed by atoms with Crippen molar-refractivity contribution >= 4 is 15.9 Å². The van der Waals surface area contributed by atoms with E-state index in [1.165, 1.54) is 31.2 Å². The van der Waals surface area contributed by atoms with Crippen LogP contribution in [0.25, 0.3) is 0 Å². The average Bonchev–Trinajstić information content (AvgIpc) is 2.52. The molecule has 1 aliphatic carbocycles. The Labute approximate surface area is 137 Å². The zero-order valence-electron chi connectivity index (χ0n) is 13.1. The molecule has 0 heterocycles. The summed E-state index contributed by atoms with van der Waals surface area (Å²) in [5, 5.41) is 0. The molecule has 0 radical (unpaired) electrons. The lowest BCUT2D eigenvalue weighted by Crippen LogP contribution is -2.44. The number of nitrogens with zero attached hydrogens (tertiary/aromatic N) is 1. The molecule has 1 aromatic carbocycles. The highest BCUT2D eigenvalue weighted by Crippen LogP contribution is 2.31. The number of rotatable bonds is 6. The second kappa shape index (κ2) is 8.16. The Kier molecular flexibility index (Phi) is 6.52. The smallest absolute Gasteiger partial charge is 0.123 e. The van der Waals surface area contributed by atoms with Crippen molar-refractivity contribution in [1.82, 2.24) is 4.90 Å². The number of halogens is 1. The van der Waals surface area contributed by atoms with Gasteiger partial charge in [-0.15, -0.1) is 0 Å². The van der Waals surface area contributed by atoms with E-state index in [-0.39, 0.29) is 0 Å². The van der Waals surface area contributed by atoms with Gasteiger partial charge in [-0.25, -0.2) is 0 Å². The van der Waals surface area contributed by atoms with Crippen LogP contribution in [0.4, 0.5) is 0 Å². The number of ether oxygens (including phenoxy) is 1. The highest BCUT2D eigenvalue weighted by Gasteiger charge is 2.28. The third-order valence-corrected chi connectivity index (χ3v) is 5.16.